The van der Waals surface area contributed by atoms with E-state index < -0.39 is 5.97 Å². The van der Waals surface area contributed by atoms with Crippen LogP contribution in [-0.2, 0) is 13.0 Å². The molecule has 5 nitrogen and oxygen atoms in total. The Balaban J connectivity index is 1.95. The first-order valence-corrected chi connectivity index (χ1v) is 9.60. The van der Waals surface area contributed by atoms with Gasteiger partial charge in [0, 0.05) is 16.4 Å². The molecule has 0 aliphatic carbocycles. The molecule has 0 unspecified atom stereocenters. The number of urea groups is 1. The summed E-state index contributed by atoms with van der Waals surface area (Å²) in [6.45, 7) is 2.26. The second-order valence-electron chi connectivity index (χ2n) is 6.51. The van der Waals surface area contributed by atoms with E-state index in [1.165, 1.54) is 6.07 Å². The van der Waals surface area contributed by atoms with Crippen molar-refractivity contribution in [2.45, 2.75) is 19.9 Å². The van der Waals surface area contributed by atoms with Gasteiger partial charge in [-0.1, -0.05) is 48.9 Å². The van der Waals surface area contributed by atoms with Crippen LogP contribution in [-0.4, -0.2) is 17.1 Å². The van der Waals surface area contributed by atoms with E-state index in [9.17, 15) is 14.7 Å². The minimum atomic E-state index is -1.00. The number of halogens is 1. The topological polar surface area (TPSA) is 69.6 Å². The Morgan fingerprint density at radius 1 is 1.00 bits per heavy atom. The summed E-state index contributed by atoms with van der Waals surface area (Å²) in [7, 11) is 0. The van der Waals surface area contributed by atoms with Gasteiger partial charge < -0.3 is 10.4 Å². The first-order chi connectivity index (χ1) is 14.0. The normalized spacial score (nSPS) is 10.4. The predicted octanol–water partition coefficient (Wildman–Crippen LogP) is 5.84. The van der Waals surface area contributed by atoms with Crippen LogP contribution in [0.5, 0.6) is 0 Å². The maximum absolute atomic E-state index is 13.2. The number of rotatable bonds is 6. The molecular formula is C23H21ClN2O3. The van der Waals surface area contributed by atoms with Crippen LogP contribution in [0, 0.1) is 0 Å². The Kier molecular flexibility index (Phi) is 6.52. The van der Waals surface area contributed by atoms with E-state index >= 15 is 0 Å². The average molecular weight is 409 g/mol. The third kappa shape index (κ3) is 5.15. The number of carbonyl (C=O) groups is 2. The van der Waals surface area contributed by atoms with Crippen molar-refractivity contribution in [2.24, 2.45) is 0 Å². The Hall–Kier alpha value is -3.31. The highest BCUT2D eigenvalue weighted by atomic mass is 35.5. The summed E-state index contributed by atoms with van der Waals surface area (Å²) in [4.78, 5) is 26.1. The number of hydrogen-bond acceptors (Lipinski definition) is 2. The fraction of sp³-hybridized carbons (Fsp3) is 0.130. The Morgan fingerprint density at radius 2 is 1.72 bits per heavy atom. The quantitative estimate of drug-likeness (QED) is 0.538. The van der Waals surface area contributed by atoms with Crippen LogP contribution in [0.25, 0.3) is 0 Å². The van der Waals surface area contributed by atoms with E-state index in [1.807, 2.05) is 37.3 Å². The molecule has 0 saturated heterocycles. The number of anilines is 2. The van der Waals surface area contributed by atoms with E-state index in [2.05, 4.69) is 5.32 Å². The summed E-state index contributed by atoms with van der Waals surface area (Å²) >= 11 is 5.92. The summed E-state index contributed by atoms with van der Waals surface area (Å²) in [6, 6.07) is 20.8. The van der Waals surface area contributed by atoms with Gasteiger partial charge in [0.1, 0.15) is 0 Å². The van der Waals surface area contributed by atoms with Gasteiger partial charge in [-0.15, -0.1) is 0 Å². The number of hydrogen-bond donors (Lipinski definition) is 2. The van der Waals surface area contributed by atoms with Gasteiger partial charge in [-0.3, -0.25) is 4.90 Å². The van der Waals surface area contributed by atoms with Crippen molar-refractivity contribution in [2.75, 3.05) is 10.2 Å². The fourth-order valence-electron chi connectivity index (χ4n) is 3.05. The molecule has 0 radical (unpaired) electrons. The van der Waals surface area contributed by atoms with E-state index in [1.54, 1.807) is 41.3 Å². The monoisotopic (exact) mass is 408 g/mol. The molecule has 3 aromatic carbocycles. The van der Waals surface area contributed by atoms with E-state index in [0.29, 0.717) is 10.7 Å². The highest BCUT2D eigenvalue weighted by molar-refractivity contribution is 6.30. The predicted molar refractivity (Wildman–Crippen MR) is 116 cm³/mol. The summed E-state index contributed by atoms with van der Waals surface area (Å²) in [5.74, 6) is -1.00. The molecule has 6 heteroatoms. The maximum Gasteiger partial charge on any atom is 0.335 e. The van der Waals surface area contributed by atoms with Crippen LogP contribution < -0.4 is 10.2 Å². The number of carboxylic acid groups (broad SMARTS) is 1. The molecule has 0 bridgehead atoms. The standard InChI is InChI=1S/C23H21ClN2O3/c1-2-17-7-3-4-9-21(17)26(15-16-6-5-8-18(14-16)22(27)28)23(29)25-20-12-10-19(24)11-13-20/h3-14H,2,15H2,1H3,(H,25,29)(H,27,28). The molecule has 3 aromatic rings. The highest BCUT2D eigenvalue weighted by Crippen LogP contribution is 2.25. The van der Waals surface area contributed by atoms with Gasteiger partial charge in [0.05, 0.1) is 12.1 Å². The summed E-state index contributed by atoms with van der Waals surface area (Å²) in [5, 5.41) is 12.7. The number of carboxylic acids is 1. The summed E-state index contributed by atoms with van der Waals surface area (Å²) in [5.41, 5.74) is 3.33. The molecule has 0 aromatic heterocycles. The SMILES string of the molecule is CCc1ccccc1N(Cc1cccc(C(=O)O)c1)C(=O)Nc1ccc(Cl)cc1. The van der Waals surface area contributed by atoms with Gasteiger partial charge in [0.15, 0.2) is 0 Å². The lowest BCUT2D eigenvalue weighted by Crippen LogP contribution is -2.35. The van der Waals surface area contributed by atoms with Crippen molar-refractivity contribution in [3.63, 3.8) is 0 Å². The molecule has 29 heavy (non-hydrogen) atoms. The first kappa shape index (κ1) is 20.4. The molecule has 3 rings (SSSR count). The molecule has 0 saturated carbocycles. The molecule has 2 amide bonds. The molecule has 0 aliphatic heterocycles. The van der Waals surface area contributed by atoms with Crippen molar-refractivity contribution in [3.8, 4) is 0 Å². The lowest BCUT2D eigenvalue weighted by molar-refractivity contribution is 0.0696. The molecule has 0 aliphatic rings. The first-order valence-electron chi connectivity index (χ1n) is 9.22. The van der Waals surface area contributed by atoms with E-state index in [-0.39, 0.29) is 18.1 Å². The fourth-order valence-corrected chi connectivity index (χ4v) is 3.17. The lowest BCUT2D eigenvalue weighted by Gasteiger charge is -2.26. The van der Waals surface area contributed by atoms with Crippen LogP contribution >= 0.6 is 11.6 Å². The minimum absolute atomic E-state index is 0.185. The third-order valence-corrected chi connectivity index (χ3v) is 4.77. The molecule has 2 N–H and O–H groups in total. The number of para-hydroxylation sites is 1. The number of benzene rings is 3. The summed E-state index contributed by atoms with van der Waals surface area (Å²) in [6.07, 6.45) is 0.760. The smallest absolute Gasteiger partial charge is 0.335 e. The second-order valence-corrected chi connectivity index (χ2v) is 6.95. The van der Waals surface area contributed by atoms with Crippen molar-refractivity contribution in [3.05, 3.63) is 94.5 Å². The number of nitrogens with one attached hydrogen (secondary N) is 1. The zero-order valence-electron chi connectivity index (χ0n) is 15.9. The van der Waals surface area contributed by atoms with E-state index in [0.717, 1.165) is 23.2 Å². The van der Waals surface area contributed by atoms with Crippen LogP contribution in [0.4, 0.5) is 16.2 Å². The lowest BCUT2D eigenvalue weighted by atomic mass is 10.1. The summed E-state index contributed by atoms with van der Waals surface area (Å²) < 4.78 is 0. The van der Waals surface area contributed by atoms with Gasteiger partial charge in [-0.25, -0.2) is 9.59 Å². The zero-order valence-corrected chi connectivity index (χ0v) is 16.7. The Morgan fingerprint density at radius 3 is 2.41 bits per heavy atom. The molecule has 0 heterocycles. The van der Waals surface area contributed by atoms with Gasteiger partial charge in [0.2, 0.25) is 0 Å². The van der Waals surface area contributed by atoms with Crippen molar-refractivity contribution in [1.29, 1.82) is 0 Å². The number of aromatic carboxylic acids is 1. The van der Waals surface area contributed by atoms with Gasteiger partial charge >= 0.3 is 12.0 Å². The van der Waals surface area contributed by atoms with Gasteiger partial charge in [-0.2, -0.15) is 0 Å². The van der Waals surface area contributed by atoms with Crippen LogP contribution in [0.15, 0.2) is 72.8 Å². The largest absolute Gasteiger partial charge is 0.478 e. The Bertz CT molecular complexity index is 1020. The molecule has 0 atom stereocenters. The number of carbonyl (C=O) groups excluding carboxylic acids is 1. The Labute approximate surface area is 174 Å². The molecule has 0 spiro atoms. The van der Waals surface area contributed by atoms with Crippen molar-refractivity contribution >= 4 is 35.0 Å². The molecular weight excluding hydrogens is 388 g/mol. The minimum Gasteiger partial charge on any atom is -0.478 e. The average Bonchev–Trinajstić information content (AvgIpc) is 2.73. The van der Waals surface area contributed by atoms with Crippen LogP contribution in [0.2, 0.25) is 5.02 Å². The molecule has 148 valence electrons. The third-order valence-electron chi connectivity index (χ3n) is 4.52. The number of amides is 2. The number of aryl methyl sites for hydroxylation is 1. The number of nitrogens with zero attached hydrogens (tertiary/aromatic N) is 1. The van der Waals surface area contributed by atoms with Gasteiger partial charge in [-0.05, 0) is 60.0 Å². The van der Waals surface area contributed by atoms with Crippen molar-refractivity contribution < 1.29 is 14.7 Å². The van der Waals surface area contributed by atoms with Crippen LogP contribution in [0.1, 0.15) is 28.4 Å². The van der Waals surface area contributed by atoms with Crippen LogP contribution in [0.3, 0.4) is 0 Å². The second kappa shape index (κ2) is 9.26. The molecule has 0 fully saturated rings. The van der Waals surface area contributed by atoms with E-state index in [4.69, 9.17) is 11.6 Å². The zero-order chi connectivity index (χ0) is 20.8. The highest BCUT2D eigenvalue weighted by Gasteiger charge is 2.19. The maximum atomic E-state index is 13.2. The van der Waals surface area contributed by atoms with Crippen molar-refractivity contribution in [1.82, 2.24) is 0 Å². The van der Waals surface area contributed by atoms with Gasteiger partial charge in [0.25, 0.3) is 0 Å².